The van der Waals surface area contributed by atoms with Crippen molar-refractivity contribution in [2.75, 3.05) is 0 Å². The lowest BCUT2D eigenvalue weighted by Gasteiger charge is -2.20. The zero-order chi connectivity index (χ0) is 11.8. The summed E-state index contributed by atoms with van der Waals surface area (Å²) < 4.78 is 12.7. The number of hydrogen-bond acceptors (Lipinski definition) is 3. The fraction of sp³-hybridized carbons (Fsp3) is 0.250. The first-order valence-corrected chi connectivity index (χ1v) is 5.73. The third-order valence-corrected chi connectivity index (χ3v) is 3.66. The second kappa shape index (κ2) is 3.96. The van der Waals surface area contributed by atoms with Crippen LogP contribution in [-0.4, -0.2) is 10.1 Å². The van der Waals surface area contributed by atoms with Crippen LogP contribution < -0.4 is 0 Å². The summed E-state index contributed by atoms with van der Waals surface area (Å²) in [5.74, 6) is -0.401. The van der Waals surface area contributed by atoms with Crippen LogP contribution in [0, 0.1) is 12.7 Å². The summed E-state index contributed by atoms with van der Waals surface area (Å²) in [6.07, 6.45) is 1.12. The molecule has 1 unspecified atom stereocenters. The van der Waals surface area contributed by atoms with E-state index in [-0.39, 0.29) is 0 Å². The Morgan fingerprint density at radius 3 is 2.56 bits per heavy atom. The Kier molecular flexibility index (Phi) is 2.78. The van der Waals surface area contributed by atoms with Gasteiger partial charge in [-0.25, -0.2) is 4.39 Å². The quantitative estimate of drug-likeness (QED) is 0.871. The van der Waals surface area contributed by atoms with Crippen molar-refractivity contribution in [1.82, 2.24) is 4.98 Å². The molecule has 2 heterocycles. The number of thiophene rings is 1. The van der Waals surface area contributed by atoms with Crippen LogP contribution in [0.25, 0.3) is 0 Å². The second-order valence-corrected chi connectivity index (χ2v) is 5.13. The molecule has 1 N–H and O–H groups in total. The van der Waals surface area contributed by atoms with Gasteiger partial charge in [0.1, 0.15) is 11.4 Å². The molecule has 2 aromatic heterocycles. The minimum absolute atomic E-state index is 0.401. The first-order chi connectivity index (χ1) is 7.50. The molecule has 0 spiro atoms. The molecule has 2 aromatic rings. The molecule has 84 valence electrons. The van der Waals surface area contributed by atoms with Crippen LogP contribution in [0.4, 0.5) is 4.39 Å². The van der Waals surface area contributed by atoms with Gasteiger partial charge < -0.3 is 5.11 Å². The van der Waals surface area contributed by atoms with E-state index in [1.165, 1.54) is 23.5 Å². The van der Waals surface area contributed by atoms with E-state index in [9.17, 15) is 9.50 Å². The number of aryl methyl sites for hydroxylation is 1. The molecule has 0 saturated carbocycles. The standard InChI is InChI=1S/C12H12FNOS/c1-8-3-6-11(16-8)12(2,15)10-5-4-9(13)7-14-10/h3-7,15H,1-2H3. The van der Waals surface area contributed by atoms with Crippen LogP contribution in [-0.2, 0) is 5.60 Å². The molecule has 0 aliphatic heterocycles. The van der Waals surface area contributed by atoms with Crippen molar-refractivity contribution in [3.05, 3.63) is 51.7 Å². The summed E-state index contributed by atoms with van der Waals surface area (Å²) >= 11 is 1.51. The molecular formula is C12H12FNOS. The van der Waals surface area contributed by atoms with Gasteiger partial charge in [0.15, 0.2) is 0 Å². The van der Waals surface area contributed by atoms with Crippen LogP contribution in [0.15, 0.2) is 30.5 Å². The molecular weight excluding hydrogens is 225 g/mol. The minimum Gasteiger partial charge on any atom is -0.378 e. The Labute approximate surface area is 97.4 Å². The molecule has 2 rings (SSSR count). The lowest BCUT2D eigenvalue weighted by Crippen LogP contribution is -2.22. The van der Waals surface area contributed by atoms with Gasteiger partial charge in [0.25, 0.3) is 0 Å². The number of nitrogens with zero attached hydrogens (tertiary/aromatic N) is 1. The van der Waals surface area contributed by atoms with Crippen LogP contribution >= 0.6 is 11.3 Å². The molecule has 0 amide bonds. The monoisotopic (exact) mass is 237 g/mol. The third-order valence-electron chi connectivity index (χ3n) is 2.45. The van der Waals surface area contributed by atoms with E-state index in [4.69, 9.17) is 0 Å². The maximum absolute atomic E-state index is 12.7. The fourth-order valence-electron chi connectivity index (χ4n) is 1.49. The fourth-order valence-corrected chi connectivity index (χ4v) is 2.41. The van der Waals surface area contributed by atoms with Crippen molar-refractivity contribution >= 4 is 11.3 Å². The van der Waals surface area contributed by atoms with E-state index < -0.39 is 11.4 Å². The van der Waals surface area contributed by atoms with E-state index in [1.54, 1.807) is 6.92 Å². The van der Waals surface area contributed by atoms with Crippen molar-refractivity contribution in [2.45, 2.75) is 19.4 Å². The molecule has 0 saturated heterocycles. The van der Waals surface area contributed by atoms with Crippen molar-refractivity contribution < 1.29 is 9.50 Å². The van der Waals surface area contributed by atoms with Crippen LogP contribution in [0.1, 0.15) is 22.4 Å². The van der Waals surface area contributed by atoms with E-state index in [0.29, 0.717) is 5.69 Å². The van der Waals surface area contributed by atoms with Crippen LogP contribution in [0.5, 0.6) is 0 Å². The Morgan fingerprint density at radius 2 is 2.06 bits per heavy atom. The molecule has 2 nitrogen and oxygen atoms in total. The van der Waals surface area contributed by atoms with Gasteiger partial charge in [0.05, 0.1) is 11.9 Å². The maximum Gasteiger partial charge on any atom is 0.141 e. The largest absolute Gasteiger partial charge is 0.378 e. The Balaban J connectivity index is 2.42. The highest BCUT2D eigenvalue weighted by Crippen LogP contribution is 2.32. The van der Waals surface area contributed by atoms with Crippen molar-refractivity contribution in [2.24, 2.45) is 0 Å². The number of rotatable bonds is 2. The molecule has 0 aromatic carbocycles. The molecule has 16 heavy (non-hydrogen) atoms. The predicted molar refractivity (Wildman–Crippen MR) is 61.9 cm³/mol. The van der Waals surface area contributed by atoms with Gasteiger partial charge in [-0.1, -0.05) is 0 Å². The molecule has 0 radical (unpaired) electrons. The first-order valence-electron chi connectivity index (χ1n) is 4.91. The molecule has 0 aliphatic rings. The molecule has 0 aliphatic carbocycles. The summed E-state index contributed by atoms with van der Waals surface area (Å²) in [4.78, 5) is 5.85. The summed E-state index contributed by atoms with van der Waals surface area (Å²) in [6, 6.07) is 6.62. The van der Waals surface area contributed by atoms with Crippen molar-refractivity contribution in [1.29, 1.82) is 0 Å². The summed E-state index contributed by atoms with van der Waals surface area (Å²) in [5, 5.41) is 10.4. The minimum atomic E-state index is -1.16. The molecule has 4 heteroatoms. The predicted octanol–water partition coefficient (Wildman–Crippen LogP) is 2.85. The average Bonchev–Trinajstić information content (AvgIpc) is 2.66. The molecule has 1 atom stereocenters. The third kappa shape index (κ3) is 1.99. The van der Waals surface area contributed by atoms with Crippen LogP contribution in [0.3, 0.4) is 0 Å². The zero-order valence-corrected chi connectivity index (χ0v) is 9.88. The highest BCUT2D eigenvalue weighted by atomic mass is 32.1. The van der Waals surface area contributed by atoms with Crippen molar-refractivity contribution in [3.63, 3.8) is 0 Å². The summed E-state index contributed by atoms with van der Waals surface area (Å²) in [5.41, 5.74) is -0.706. The number of halogens is 1. The second-order valence-electron chi connectivity index (χ2n) is 3.84. The van der Waals surface area contributed by atoms with Gasteiger partial charge in [0, 0.05) is 9.75 Å². The van der Waals surface area contributed by atoms with E-state index in [0.717, 1.165) is 16.0 Å². The lowest BCUT2D eigenvalue weighted by atomic mass is 10.00. The van der Waals surface area contributed by atoms with Gasteiger partial charge >= 0.3 is 0 Å². The Hall–Kier alpha value is -1.26. The van der Waals surface area contributed by atoms with E-state index in [1.807, 2.05) is 19.1 Å². The van der Waals surface area contributed by atoms with Gasteiger partial charge in [-0.3, -0.25) is 4.98 Å². The van der Waals surface area contributed by atoms with Crippen molar-refractivity contribution in [3.8, 4) is 0 Å². The number of pyridine rings is 1. The zero-order valence-electron chi connectivity index (χ0n) is 9.07. The van der Waals surface area contributed by atoms with Gasteiger partial charge in [0.2, 0.25) is 0 Å². The van der Waals surface area contributed by atoms with Gasteiger partial charge in [-0.05, 0) is 38.1 Å². The lowest BCUT2D eigenvalue weighted by molar-refractivity contribution is 0.101. The summed E-state index contributed by atoms with van der Waals surface area (Å²) in [6.45, 7) is 3.64. The molecule has 0 fully saturated rings. The van der Waals surface area contributed by atoms with Gasteiger partial charge in [-0.15, -0.1) is 11.3 Å². The summed E-state index contributed by atoms with van der Waals surface area (Å²) in [7, 11) is 0. The first kappa shape index (κ1) is 11.2. The highest BCUT2D eigenvalue weighted by molar-refractivity contribution is 7.12. The highest BCUT2D eigenvalue weighted by Gasteiger charge is 2.28. The van der Waals surface area contributed by atoms with Crippen LogP contribution in [0.2, 0.25) is 0 Å². The average molecular weight is 237 g/mol. The smallest absolute Gasteiger partial charge is 0.141 e. The number of aliphatic hydroxyl groups is 1. The topological polar surface area (TPSA) is 33.1 Å². The van der Waals surface area contributed by atoms with Gasteiger partial charge in [-0.2, -0.15) is 0 Å². The Morgan fingerprint density at radius 1 is 1.31 bits per heavy atom. The SMILES string of the molecule is Cc1ccc(C(C)(O)c2ccc(F)cn2)s1. The van der Waals surface area contributed by atoms with E-state index in [2.05, 4.69) is 4.98 Å². The number of aromatic nitrogens is 1. The number of hydrogen-bond donors (Lipinski definition) is 1. The Bertz CT molecular complexity index is 490. The maximum atomic E-state index is 12.7. The van der Waals surface area contributed by atoms with E-state index >= 15 is 0 Å². The normalized spacial score (nSPS) is 14.8. The molecule has 0 bridgehead atoms.